The summed E-state index contributed by atoms with van der Waals surface area (Å²) in [4.78, 5) is 0. The second kappa shape index (κ2) is 16.1. The molecule has 0 atom stereocenters. The van der Waals surface area contributed by atoms with Crippen molar-refractivity contribution in [3.05, 3.63) is 0 Å². The standard InChI is InChI=1S/C12H36B12S/c1-2-3-4-5-6-7-8-9-10-11-12-25(20-22(14)15,21-23(16)17)24(18)19-13/h19H,2-12,14-18H2,1H3/q-1/i13-1,14-1,15-1,16-1,17-1,18-1,19-1,20-1,21-1,22-1,23-1,24-1. The fourth-order valence-electron chi connectivity index (χ4n) is 3.68. The SMILES string of the molecule is [10B-][10BH][10B]([10BH2])S(=[10B][10B]([10BH2])[10BH2])(=[10B][10B]([10BH2])[10BH2])CCCCCCCCCCCC. The first kappa shape index (κ1) is 26.1. The zero-order chi connectivity index (χ0) is 19.1. The Hall–Kier alpha value is 1.13. The Morgan fingerprint density at radius 3 is 1.52 bits per heavy atom. The molecule has 0 N–H and O–H groups in total. The molecule has 0 saturated carbocycles. The van der Waals surface area contributed by atoms with Crippen molar-refractivity contribution in [2.45, 2.75) is 71.1 Å². The summed E-state index contributed by atoms with van der Waals surface area (Å²) < 4.78 is 0. The molecule has 0 unspecified atom stereocenters. The maximum atomic E-state index is 6.11. The van der Waals surface area contributed by atoms with Crippen LogP contribution in [0.15, 0.2) is 0 Å². The molecule has 0 aliphatic carbocycles. The molecule has 3 radical (unpaired) electrons. The van der Waals surface area contributed by atoms with E-state index in [0.29, 0.717) is 18.5 Å². The van der Waals surface area contributed by atoms with E-state index in [1.807, 2.05) is 0 Å². The van der Waals surface area contributed by atoms with Gasteiger partial charge in [-0.15, -0.1) is 0 Å². The van der Waals surface area contributed by atoms with Crippen molar-refractivity contribution in [1.82, 2.24) is 0 Å². The van der Waals surface area contributed by atoms with E-state index >= 15 is 0 Å². The van der Waals surface area contributed by atoms with Gasteiger partial charge < -0.3 is 0 Å². The Labute approximate surface area is 169 Å². The van der Waals surface area contributed by atoms with Crippen LogP contribution >= 0.6 is 8.73 Å². The zero-order valence-electron chi connectivity index (χ0n) is 18.4. The van der Waals surface area contributed by atoms with Crippen molar-refractivity contribution in [2.75, 3.05) is 5.75 Å². The Balaban J connectivity index is 4.42. The molecule has 0 spiro atoms. The topological polar surface area (TPSA) is 0 Å². The van der Waals surface area contributed by atoms with Crippen LogP contribution in [0.25, 0.3) is 0 Å². The van der Waals surface area contributed by atoms with Crippen LogP contribution in [0.5, 0.6) is 0 Å². The smallest absolute Gasteiger partial charge is 0.0654 e. The monoisotopic (exact) mass is 332 g/mol. The Morgan fingerprint density at radius 1 is 0.760 bits per heavy atom. The molecule has 25 heavy (non-hydrogen) atoms. The minimum Gasteiger partial charge on any atom is -0.0654 e. The van der Waals surface area contributed by atoms with Crippen LogP contribution < -0.4 is 0 Å². The van der Waals surface area contributed by atoms with Crippen LogP contribution in [0.3, 0.4) is 0 Å². The predicted molar refractivity (Wildman–Crippen MR) is 149 cm³/mol. The van der Waals surface area contributed by atoms with Gasteiger partial charge in [0.1, 0.15) is 0 Å². The van der Waals surface area contributed by atoms with Gasteiger partial charge in [0.15, 0.2) is 0 Å². The van der Waals surface area contributed by atoms with Gasteiger partial charge in [-0.05, 0) is 0 Å². The first-order valence-electron chi connectivity index (χ1n) is 11.1. The summed E-state index contributed by atoms with van der Waals surface area (Å²) in [5.74, 6) is 1.98. The Bertz CT molecular complexity index is 412. The molecule has 0 aromatic heterocycles. The molecule has 0 bridgehead atoms. The second-order valence-corrected chi connectivity index (χ2v) is 12.2. The first-order chi connectivity index (χ1) is 11.9. The van der Waals surface area contributed by atoms with Gasteiger partial charge in [-0.1, -0.05) is 6.92 Å². The molecule has 0 aromatic rings. The van der Waals surface area contributed by atoms with Gasteiger partial charge in [0, 0.05) is 0 Å². The van der Waals surface area contributed by atoms with E-state index in [1.54, 1.807) is 0 Å². The summed E-state index contributed by atoms with van der Waals surface area (Å²) in [5, 5.41) is 0. The van der Waals surface area contributed by atoms with Crippen molar-refractivity contribution in [3.8, 4) is 0 Å². The van der Waals surface area contributed by atoms with Crippen LogP contribution in [0.2, 0.25) is 0 Å². The van der Waals surface area contributed by atoms with Crippen LogP contribution in [0.4, 0.5) is 0 Å². The summed E-state index contributed by atoms with van der Waals surface area (Å²) >= 11 is 0. The Morgan fingerprint density at radius 2 is 1.16 bits per heavy atom. The quantitative estimate of drug-likeness (QED) is 0.232. The number of rotatable bonds is 15. The summed E-state index contributed by atoms with van der Waals surface area (Å²) in [6.07, 6.45) is 15.5. The molecule has 0 amide bonds. The Kier molecular flexibility index (Phi) is 16.8. The van der Waals surface area contributed by atoms with Gasteiger partial charge >= 0.3 is 163 Å². The molecule has 0 aromatic carbocycles. The van der Waals surface area contributed by atoms with Gasteiger partial charge in [-0.2, -0.15) is 0 Å². The molecule has 0 nitrogen and oxygen atoms in total. The van der Waals surface area contributed by atoms with Crippen LogP contribution in [-0.2, 0) is 0 Å². The average Bonchev–Trinajstić information content (AvgIpc) is 2.54. The van der Waals surface area contributed by atoms with E-state index in [1.165, 1.54) is 70.0 Å². The van der Waals surface area contributed by atoms with Crippen molar-refractivity contribution >= 4 is 92.9 Å². The molecular weight excluding hydrogens is 296 g/mol. The summed E-state index contributed by atoms with van der Waals surface area (Å²) in [6, 6.07) is 5.33. The fourth-order valence-corrected chi connectivity index (χ4v) is 8.07. The minimum atomic E-state index is -0.806. The molecule has 13 heteroatoms. The number of hydrogen-bond donors (Lipinski definition) is 0. The van der Waals surface area contributed by atoms with Crippen molar-refractivity contribution in [3.63, 3.8) is 0 Å². The third kappa shape index (κ3) is 13.0. The third-order valence-corrected chi connectivity index (χ3v) is 9.77. The summed E-state index contributed by atoms with van der Waals surface area (Å²) in [6.45, 7) is 2.29. The second-order valence-electron chi connectivity index (χ2n) is 8.60. The van der Waals surface area contributed by atoms with Gasteiger partial charge in [-0.3, -0.25) is 0 Å². The molecule has 0 heterocycles. The van der Waals surface area contributed by atoms with E-state index in [0.717, 1.165) is 7.06 Å². The van der Waals surface area contributed by atoms with Gasteiger partial charge in [0.05, 0.1) is 0 Å². The fraction of sp³-hybridized carbons (Fsp3) is 1.00. The molecule has 0 saturated heterocycles. The van der Waals surface area contributed by atoms with E-state index in [2.05, 4.69) is 57.7 Å². The third-order valence-electron chi connectivity index (χ3n) is 4.98. The zero-order valence-corrected chi connectivity index (χ0v) is 19.2. The summed E-state index contributed by atoms with van der Waals surface area (Å²) in [7, 11) is 17.8. The first-order valence-corrected chi connectivity index (χ1v) is 13.1. The van der Waals surface area contributed by atoms with Crippen molar-refractivity contribution in [1.29, 1.82) is 0 Å². The van der Waals surface area contributed by atoms with Gasteiger partial charge in [0.2, 0.25) is 0 Å². The van der Waals surface area contributed by atoms with Crippen LogP contribution in [0, 0.1) is 0 Å². The normalized spacial score (nSPS) is 10.6. The van der Waals surface area contributed by atoms with Gasteiger partial charge in [0.25, 0.3) is 0 Å². The minimum absolute atomic E-state index is 0.621. The van der Waals surface area contributed by atoms with Crippen molar-refractivity contribution < 1.29 is 0 Å². The molecule has 0 aliphatic heterocycles. The van der Waals surface area contributed by atoms with E-state index < -0.39 is 8.73 Å². The molecule has 0 rings (SSSR count). The maximum absolute atomic E-state index is 6.11. The molecule has 0 fully saturated rings. The molecule has 127 valence electrons. The van der Waals surface area contributed by atoms with E-state index in [4.69, 9.17) is 7.74 Å². The molecule has 0 aliphatic rings. The van der Waals surface area contributed by atoms with Gasteiger partial charge in [-0.25, -0.2) is 0 Å². The predicted octanol–water partition coefficient (Wildman–Crippen LogP) is -2.41. The van der Waals surface area contributed by atoms with E-state index in [-0.39, 0.29) is 0 Å². The van der Waals surface area contributed by atoms with Crippen LogP contribution in [-0.4, -0.2) is 89.9 Å². The number of hydrogen-bond acceptors (Lipinski definition) is 0. The van der Waals surface area contributed by atoms with Crippen molar-refractivity contribution in [2.24, 2.45) is 0 Å². The number of unbranched alkanes of at least 4 members (excludes halogenated alkanes) is 9. The average molecular weight is 333 g/mol. The molecular formula is C12H36B12S-. The summed E-state index contributed by atoms with van der Waals surface area (Å²) in [5.41, 5.74) is 0. The van der Waals surface area contributed by atoms with E-state index in [9.17, 15) is 0 Å². The van der Waals surface area contributed by atoms with Crippen LogP contribution in [0.1, 0.15) is 71.1 Å².